The number of hydrogen-bond donors (Lipinski definition) is 2. The second kappa shape index (κ2) is 12.4. The summed E-state index contributed by atoms with van der Waals surface area (Å²) < 4.78 is 6.97. The maximum atomic E-state index is 6.26. The van der Waals surface area contributed by atoms with Crippen molar-refractivity contribution >= 4 is 59.0 Å². The van der Waals surface area contributed by atoms with Gasteiger partial charge in [0.25, 0.3) is 0 Å². The molecule has 0 aliphatic rings. The molecule has 2 rings (SSSR count). The number of furan rings is 1. The summed E-state index contributed by atoms with van der Waals surface area (Å²) in [5.74, 6) is 1.75. The molecular weight excluding hydrogens is 469 g/mol. The van der Waals surface area contributed by atoms with Gasteiger partial charge in [0, 0.05) is 9.13 Å². The Morgan fingerprint density at radius 2 is 1.83 bits per heavy atom. The van der Waals surface area contributed by atoms with Gasteiger partial charge in [0.15, 0.2) is 0 Å². The molecule has 0 aliphatic carbocycles. The Kier molecular flexibility index (Phi) is 12.4. The van der Waals surface area contributed by atoms with Crippen molar-refractivity contribution in [2.45, 2.75) is 19.9 Å². The van der Waals surface area contributed by atoms with Crippen LogP contribution in [0.3, 0.4) is 0 Å². The zero-order valence-electron chi connectivity index (χ0n) is 12.9. The monoisotopic (exact) mass is 490 g/mol. The summed E-state index contributed by atoms with van der Waals surface area (Å²) in [6.45, 7) is 5.92. The number of halogens is 4. The fraction of sp³-hybridized carbons (Fsp3) is 0.375. The van der Waals surface area contributed by atoms with Crippen LogP contribution in [0.2, 0.25) is 5.02 Å². The lowest BCUT2D eigenvalue weighted by Crippen LogP contribution is -2.21. The van der Waals surface area contributed by atoms with Crippen LogP contribution in [0.15, 0.2) is 34.7 Å². The summed E-state index contributed by atoms with van der Waals surface area (Å²) in [4.78, 5) is 0. The van der Waals surface area contributed by atoms with Gasteiger partial charge in [0.2, 0.25) is 0 Å². The highest BCUT2D eigenvalue weighted by molar-refractivity contribution is 14.1. The molecule has 0 saturated heterocycles. The van der Waals surface area contributed by atoms with Gasteiger partial charge in [-0.05, 0) is 79.0 Å². The molecule has 0 spiro atoms. The fourth-order valence-corrected chi connectivity index (χ4v) is 2.98. The molecule has 2 aromatic rings. The van der Waals surface area contributed by atoms with Gasteiger partial charge < -0.3 is 15.1 Å². The van der Waals surface area contributed by atoms with Gasteiger partial charge >= 0.3 is 0 Å². The maximum Gasteiger partial charge on any atom is 0.135 e. The van der Waals surface area contributed by atoms with Crippen molar-refractivity contribution < 1.29 is 4.42 Å². The number of benzene rings is 1. The Hall–Kier alpha value is 0.0200. The quantitative estimate of drug-likeness (QED) is 0.397. The molecule has 0 atom stereocenters. The highest BCUT2D eigenvalue weighted by Crippen LogP contribution is 2.30. The predicted octanol–water partition coefficient (Wildman–Crippen LogP) is 5.14. The van der Waals surface area contributed by atoms with Crippen LogP contribution in [0, 0.1) is 3.57 Å². The van der Waals surface area contributed by atoms with Crippen molar-refractivity contribution in [3.8, 4) is 11.3 Å². The molecule has 3 nitrogen and oxygen atoms in total. The van der Waals surface area contributed by atoms with E-state index in [9.17, 15) is 0 Å². The molecule has 1 aromatic carbocycles. The molecule has 1 heterocycles. The largest absolute Gasteiger partial charge is 0.460 e. The van der Waals surface area contributed by atoms with Gasteiger partial charge in [-0.2, -0.15) is 0 Å². The van der Waals surface area contributed by atoms with E-state index in [-0.39, 0.29) is 24.8 Å². The number of nitrogens with one attached hydrogen (secondary N) is 2. The zero-order chi connectivity index (χ0) is 15.1. The minimum Gasteiger partial charge on any atom is -0.460 e. The molecule has 0 saturated carbocycles. The molecule has 1 aromatic heterocycles. The summed E-state index contributed by atoms with van der Waals surface area (Å²) in [6, 6.07) is 9.95. The lowest BCUT2D eigenvalue weighted by molar-refractivity contribution is 0.488. The lowest BCUT2D eigenvalue weighted by atomic mass is 10.2. The summed E-state index contributed by atoms with van der Waals surface area (Å²) in [6.07, 6.45) is 1.12. The van der Waals surface area contributed by atoms with Gasteiger partial charge in [-0.1, -0.05) is 18.5 Å². The van der Waals surface area contributed by atoms with Crippen molar-refractivity contribution in [2.24, 2.45) is 0 Å². The Labute approximate surface area is 168 Å². The first-order valence-corrected chi connectivity index (χ1v) is 8.62. The Balaban J connectivity index is 0.00000242. The normalized spacial score (nSPS) is 10.0. The van der Waals surface area contributed by atoms with Crippen LogP contribution in [-0.4, -0.2) is 19.6 Å². The maximum absolute atomic E-state index is 6.26. The summed E-state index contributed by atoms with van der Waals surface area (Å²) in [5.41, 5.74) is 0.940. The molecule has 130 valence electrons. The second-order valence-electron chi connectivity index (χ2n) is 4.77. The highest BCUT2D eigenvalue weighted by atomic mass is 127. The minimum absolute atomic E-state index is 0. The molecule has 0 radical (unpaired) electrons. The van der Waals surface area contributed by atoms with E-state index >= 15 is 0 Å². The van der Waals surface area contributed by atoms with E-state index in [2.05, 4.69) is 40.1 Å². The van der Waals surface area contributed by atoms with Crippen molar-refractivity contribution in [1.29, 1.82) is 0 Å². The zero-order valence-corrected chi connectivity index (χ0v) is 17.4. The van der Waals surface area contributed by atoms with Gasteiger partial charge in [-0.3, -0.25) is 0 Å². The molecule has 0 aliphatic heterocycles. The van der Waals surface area contributed by atoms with Gasteiger partial charge in [0.1, 0.15) is 11.5 Å². The van der Waals surface area contributed by atoms with E-state index in [0.717, 1.165) is 58.3 Å². The van der Waals surface area contributed by atoms with Gasteiger partial charge in [0.05, 0.1) is 11.6 Å². The fourth-order valence-electron chi connectivity index (χ4n) is 2.03. The predicted molar refractivity (Wildman–Crippen MR) is 111 cm³/mol. The molecule has 0 amide bonds. The van der Waals surface area contributed by atoms with Crippen molar-refractivity contribution in [1.82, 2.24) is 10.6 Å². The number of rotatable bonds is 8. The first kappa shape index (κ1) is 23.0. The van der Waals surface area contributed by atoms with E-state index in [4.69, 9.17) is 16.0 Å². The number of hydrogen-bond acceptors (Lipinski definition) is 3. The van der Waals surface area contributed by atoms with Crippen LogP contribution >= 0.6 is 59.0 Å². The van der Waals surface area contributed by atoms with E-state index in [1.165, 1.54) is 0 Å². The minimum atomic E-state index is 0. The average Bonchev–Trinajstić information content (AvgIpc) is 2.91. The van der Waals surface area contributed by atoms with Gasteiger partial charge in [-0.15, -0.1) is 24.8 Å². The third kappa shape index (κ3) is 7.63. The van der Waals surface area contributed by atoms with Crippen LogP contribution in [0.4, 0.5) is 0 Å². The van der Waals surface area contributed by atoms with Crippen LogP contribution < -0.4 is 10.6 Å². The average molecular weight is 492 g/mol. The third-order valence-electron chi connectivity index (χ3n) is 3.11. The SMILES string of the molecule is CCNCCCNCc1ccc(-c2ccc(I)cc2Cl)o1.Cl.Cl. The lowest BCUT2D eigenvalue weighted by Gasteiger charge is -2.04. The standard InChI is InChI=1S/C16H20ClIN2O.2ClH/c1-2-19-8-3-9-20-11-13-5-7-16(21-13)14-6-4-12(18)10-15(14)17;;/h4-7,10,19-20H,2-3,8-9,11H2,1H3;2*1H. The second-order valence-corrected chi connectivity index (χ2v) is 6.43. The third-order valence-corrected chi connectivity index (χ3v) is 4.10. The van der Waals surface area contributed by atoms with Crippen molar-refractivity contribution in [2.75, 3.05) is 19.6 Å². The first-order valence-electron chi connectivity index (χ1n) is 7.16. The Morgan fingerprint density at radius 3 is 2.52 bits per heavy atom. The molecule has 0 fully saturated rings. The molecule has 0 bridgehead atoms. The van der Waals surface area contributed by atoms with E-state index in [1.807, 2.05) is 30.3 Å². The van der Waals surface area contributed by atoms with Crippen LogP contribution in [-0.2, 0) is 6.54 Å². The van der Waals surface area contributed by atoms with Crippen LogP contribution in [0.25, 0.3) is 11.3 Å². The highest BCUT2D eigenvalue weighted by Gasteiger charge is 2.08. The molecular formula is C16H22Cl3IN2O. The van der Waals surface area contributed by atoms with E-state index in [0.29, 0.717) is 0 Å². The molecule has 2 N–H and O–H groups in total. The van der Waals surface area contributed by atoms with Crippen LogP contribution in [0.5, 0.6) is 0 Å². The van der Waals surface area contributed by atoms with Crippen molar-refractivity contribution in [3.63, 3.8) is 0 Å². The van der Waals surface area contributed by atoms with E-state index in [1.54, 1.807) is 0 Å². The summed E-state index contributed by atoms with van der Waals surface area (Å²) in [5, 5.41) is 7.41. The first-order chi connectivity index (χ1) is 10.2. The molecule has 0 unspecified atom stereocenters. The van der Waals surface area contributed by atoms with E-state index < -0.39 is 0 Å². The smallest absolute Gasteiger partial charge is 0.135 e. The van der Waals surface area contributed by atoms with Crippen LogP contribution in [0.1, 0.15) is 19.1 Å². The Bertz CT molecular complexity index is 578. The molecule has 23 heavy (non-hydrogen) atoms. The summed E-state index contributed by atoms with van der Waals surface area (Å²) in [7, 11) is 0. The van der Waals surface area contributed by atoms with Crippen molar-refractivity contribution in [3.05, 3.63) is 44.7 Å². The summed E-state index contributed by atoms with van der Waals surface area (Å²) >= 11 is 8.51. The molecule has 7 heteroatoms. The Morgan fingerprint density at radius 1 is 1.09 bits per heavy atom. The van der Waals surface area contributed by atoms with Gasteiger partial charge in [-0.25, -0.2) is 0 Å². The topological polar surface area (TPSA) is 37.2 Å².